The van der Waals surface area contributed by atoms with Gasteiger partial charge in [0, 0.05) is 22.7 Å². The van der Waals surface area contributed by atoms with Crippen LogP contribution in [0.25, 0.3) is 0 Å². The summed E-state index contributed by atoms with van der Waals surface area (Å²) in [6.07, 6.45) is 0.0403. The molecule has 15 heteroatoms. The minimum atomic E-state index is -4.04. The van der Waals surface area contributed by atoms with E-state index in [0.29, 0.717) is 9.26 Å². The molecule has 0 aliphatic heterocycles. The molecule has 0 saturated heterocycles. The summed E-state index contributed by atoms with van der Waals surface area (Å²) in [5.74, 6) is -1.03. The van der Waals surface area contributed by atoms with Crippen molar-refractivity contribution < 1.29 is 27.7 Å². The number of hydrogen-bond acceptors (Lipinski definition) is 8. The van der Waals surface area contributed by atoms with Crippen LogP contribution in [-0.4, -0.2) is 62.5 Å². The summed E-state index contributed by atoms with van der Waals surface area (Å²) in [5, 5.41) is 7.08. The van der Waals surface area contributed by atoms with Crippen LogP contribution in [0.4, 0.5) is 5.69 Å². The number of hydrogen-bond donors (Lipinski definition) is 3. The van der Waals surface area contributed by atoms with E-state index in [1.165, 1.54) is 45.3 Å². The molecule has 0 aliphatic carbocycles. The van der Waals surface area contributed by atoms with Crippen LogP contribution in [0.15, 0.2) is 51.2 Å². The lowest BCUT2D eigenvalue weighted by Crippen LogP contribution is -2.49. The minimum Gasteiger partial charge on any atom is -0.394 e. The molecule has 0 bridgehead atoms. The molecule has 0 fully saturated rings. The second kappa shape index (κ2) is 13.4. The second-order valence-corrected chi connectivity index (χ2v) is 10.8. The van der Waals surface area contributed by atoms with Crippen molar-refractivity contribution in [1.82, 2.24) is 14.9 Å². The summed E-state index contributed by atoms with van der Waals surface area (Å²) in [6.45, 7) is 2.62. The number of nitrogens with zero attached hydrogens (tertiary/aromatic N) is 3. The number of amidine groups is 1. The summed E-state index contributed by atoms with van der Waals surface area (Å²) in [6, 6.07) is 7.96. The standard InChI is InChI=1S/C22H29IN6O7S/c1-14-8-9-19(27-37(33,34)17-7-5-6-16(23)12-17)22(32)29(14)13-20(30)25-18(21(31)28(3)35-4)10-11-36-26-15(2)24/h5-9,12,18,27H,10-11,13H2,1-4H3,(H2,24,26)(H,25,30). The van der Waals surface area contributed by atoms with Gasteiger partial charge in [-0.25, -0.2) is 13.5 Å². The number of nitrogens with two attached hydrogens (primary N) is 1. The zero-order valence-corrected chi connectivity index (χ0v) is 23.7. The maximum atomic E-state index is 13.1. The molecule has 1 aromatic carbocycles. The predicted octanol–water partition coefficient (Wildman–Crippen LogP) is 0.766. The summed E-state index contributed by atoms with van der Waals surface area (Å²) in [7, 11) is -1.37. The van der Waals surface area contributed by atoms with Gasteiger partial charge in [-0.3, -0.25) is 23.9 Å². The molecule has 202 valence electrons. The van der Waals surface area contributed by atoms with Crippen molar-refractivity contribution in [3.05, 3.63) is 56.0 Å². The van der Waals surface area contributed by atoms with Crippen molar-refractivity contribution in [3.63, 3.8) is 0 Å². The largest absolute Gasteiger partial charge is 0.394 e. The van der Waals surface area contributed by atoms with Crippen molar-refractivity contribution >= 4 is 56.0 Å². The second-order valence-electron chi connectivity index (χ2n) is 7.84. The van der Waals surface area contributed by atoms with Crippen LogP contribution in [0.3, 0.4) is 0 Å². The molecule has 2 amide bonds. The van der Waals surface area contributed by atoms with Gasteiger partial charge in [0.2, 0.25) is 5.91 Å². The normalized spacial score (nSPS) is 12.5. The van der Waals surface area contributed by atoms with Gasteiger partial charge in [0.05, 0.1) is 12.0 Å². The molecule has 0 saturated carbocycles. The molecule has 1 aromatic heterocycles. The molecule has 0 radical (unpaired) electrons. The third-order valence-electron chi connectivity index (χ3n) is 4.97. The topological polar surface area (TPSA) is 174 Å². The first kappa shape index (κ1) is 30.0. The van der Waals surface area contributed by atoms with E-state index >= 15 is 0 Å². The van der Waals surface area contributed by atoms with Gasteiger partial charge in [-0.2, -0.15) is 0 Å². The van der Waals surface area contributed by atoms with Crippen LogP contribution < -0.4 is 21.3 Å². The van der Waals surface area contributed by atoms with Gasteiger partial charge in [-0.05, 0) is 66.8 Å². The van der Waals surface area contributed by atoms with E-state index in [2.05, 4.69) is 15.2 Å². The molecular formula is C22H29IN6O7S. The molecule has 0 spiro atoms. The van der Waals surface area contributed by atoms with Crippen LogP contribution in [0.2, 0.25) is 0 Å². The number of hydroxylamine groups is 2. The Morgan fingerprint density at radius 2 is 1.97 bits per heavy atom. The number of halogens is 1. The zero-order chi connectivity index (χ0) is 27.8. The summed E-state index contributed by atoms with van der Waals surface area (Å²) in [4.78, 5) is 48.4. The van der Waals surface area contributed by atoms with Crippen LogP contribution in [0.1, 0.15) is 19.0 Å². The van der Waals surface area contributed by atoms with Crippen molar-refractivity contribution in [3.8, 4) is 0 Å². The van der Waals surface area contributed by atoms with Crippen molar-refractivity contribution in [1.29, 1.82) is 0 Å². The van der Waals surface area contributed by atoms with Crippen LogP contribution in [-0.2, 0) is 35.8 Å². The number of likely N-dealkylation sites (N-methyl/N-ethyl adjacent to an activating group) is 1. The highest BCUT2D eigenvalue weighted by atomic mass is 127. The summed E-state index contributed by atoms with van der Waals surface area (Å²) >= 11 is 1.98. The first-order valence-electron chi connectivity index (χ1n) is 10.9. The molecule has 13 nitrogen and oxygen atoms in total. The van der Waals surface area contributed by atoms with E-state index < -0.39 is 40.0 Å². The van der Waals surface area contributed by atoms with E-state index in [0.717, 1.165) is 9.63 Å². The molecule has 2 rings (SSSR count). The van der Waals surface area contributed by atoms with Gasteiger partial charge >= 0.3 is 0 Å². The highest BCUT2D eigenvalue weighted by Crippen LogP contribution is 2.16. The van der Waals surface area contributed by atoms with Crippen LogP contribution in [0.5, 0.6) is 0 Å². The number of nitrogens with one attached hydrogen (secondary N) is 2. The molecule has 0 aliphatic rings. The number of oxime groups is 1. The van der Waals surface area contributed by atoms with Crippen molar-refractivity contribution in [2.75, 3.05) is 25.5 Å². The van der Waals surface area contributed by atoms with Crippen LogP contribution >= 0.6 is 22.6 Å². The van der Waals surface area contributed by atoms with E-state index in [9.17, 15) is 22.8 Å². The van der Waals surface area contributed by atoms with Gasteiger partial charge in [-0.15, -0.1) is 0 Å². The van der Waals surface area contributed by atoms with Crippen molar-refractivity contribution in [2.45, 2.75) is 37.8 Å². The molecule has 4 N–H and O–H groups in total. The maximum absolute atomic E-state index is 13.1. The third-order valence-corrected chi connectivity index (χ3v) is 7.00. The smallest absolute Gasteiger partial charge is 0.275 e. The Balaban J connectivity index is 2.23. The lowest BCUT2D eigenvalue weighted by molar-refractivity contribution is -0.172. The number of anilines is 1. The molecule has 37 heavy (non-hydrogen) atoms. The average molecular weight is 648 g/mol. The Hall–Kier alpha value is -3.18. The molecule has 1 atom stereocenters. The number of rotatable bonds is 12. The number of aromatic nitrogens is 1. The van der Waals surface area contributed by atoms with Gasteiger partial charge in [0.15, 0.2) is 0 Å². The SMILES string of the molecule is CON(C)C(=O)C(CCO/N=C(\C)N)NC(=O)Cn1c(C)ccc(NS(=O)(=O)c2cccc(I)c2)c1=O. The Bertz CT molecular complexity index is 1330. The number of benzene rings is 1. The fourth-order valence-electron chi connectivity index (χ4n) is 3.05. The highest BCUT2D eigenvalue weighted by Gasteiger charge is 2.25. The van der Waals surface area contributed by atoms with E-state index in [1.807, 2.05) is 22.6 Å². The Morgan fingerprint density at radius 1 is 1.27 bits per heavy atom. The lowest BCUT2D eigenvalue weighted by Gasteiger charge is -2.23. The third kappa shape index (κ3) is 8.71. The van der Waals surface area contributed by atoms with E-state index in [1.54, 1.807) is 19.1 Å². The quantitative estimate of drug-likeness (QED) is 0.0995. The van der Waals surface area contributed by atoms with Crippen LogP contribution in [0, 0.1) is 10.5 Å². The summed E-state index contributed by atoms with van der Waals surface area (Å²) in [5.41, 5.74) is 4.86. The molecule has 1 unspecified atom stereocenters. The monoisotopic (exact) mass is 648 g/mol. The van der Waals surface area contributed by atoms with Gasteiger partial charge in [0.25, 0.3) is 21.5 Å². The van der Waals surface area contributed by atoms with Gasteiger partial charge < -0.3 is 20.5 Å². The Kier molecular flexibility index (Phi) is 10.9. The Morgan fingerprint density at radius 3 is 2.59 bits per heavy atom. The average Bonchev–Trinajstić information content (AvgIpc) is 2.84. The number of sulfonamides is 1. The first-order chi connectivity index (χ1) is 17.4. The number of pyridine rings is 1. The molecule has 1 heterocycles. The Labute approximate surface area is 228 Å². The number of amides is 2. The molecule has 2 aromatic rings. The number of carbonyl (C=O) groups excluding carboxylic acids is 2. The number of carbonyl (C=O) groups is 2. The van der Waals surface area contributed by atoms with Gasteiger partial charge in [-0.1, -0.05) is 11.2 Å². The van der Waals surface area contributed by atoms with E-state index in [-0.39, 0.29) is 29.4 Å². The van der Waals surface area contributed by atoms with Crippen molar-refractivity contribution in [2.24, 2.45) is 10.9 Å². The number of aryl methyl sites for hydroxylation is 1. The molecular weight excluding hydrogens is 619 g/mol. The summed E-state index contributed by atoms with van der Waals surface area (Å²) < 4.78 is 29.6. The maximum Gasteiger partial charge on any atom is 0.275 e. The zero-order valence-electron chi connectivity index (χ0n) is 20.7. The predicted molar refractivity (Wildman–Crippen MR) is 145 cm³/mol. The van der Waals surface area contributed by atoms with Gasteiger partial charge in [0.1, 0.15) is 30.7 Å². The lowest BCUT2D eigenvalue weighted by atomic mass is 10.2. The first-order valence-corrected chi connectivity index (χ1v) is 13.4. The minimum absolute atomic E-state index is 0.0105. The fraction of sp³-hybridized carbons (Fsp3) is 0.364. The van der Waals surface area contributed by atoms with E-state index in [4.69, 9.17) is 15.4 Å². The highest BCUT2D eigenvalue weighted by molar-refractivity contribution is 14.1. The fourth-order valence-corrected chi connectivity index (χ4v) is 4.91.